The Labute approximate surface area is 414 Å². The van der Waals surface area contributed by atoms with Gasteiger partial charge in [-0.3, -0.25) is 0 Å². The quantitative estimate of drug-likeness (QED) is 0.0340. The topological polar surface area (TPSA) is 94.1 Å². The first-order valence-corrected chi connectivity index (χ1v) is 28.7. The van der Waals surface area contributed by atoms with Gasteiger partial charge in [0.2, 0.25) is 0 Å². The van der Waals surface area contributed by atoms with Gasteiger partial charge in [0.1, 0.15) is 20.4 Å². The van der Waals surface area contributed by atoms with E-state index >= 15 is 0 Å². The van der Waals surface area contributed by atoms with Gasteiger partial charge in [0.05, 0.1) is 49.8 Å². The summed E-state index contributed by atoms with van der Waals surface area (Å²) in [4.78, 5) is 0. The highest BCUT2D eigenvalue weighted by molar-refractivity contribution is 6.99. The number of hydrogen-bond donors (Lipinski definition) is 1. The number of unbranched alkanes of at least 4 members (excludes halogenated alkanes) is 12. The summed E-state index contributed by atoms with van der Waals surface area (Å²) in [5.41, 5.74) is 1.13. The molecular formula is C58H94O9Si. The van der Waals surface area contributed by atoms with Crippen LogP contribution in [-0.4, -0.2) is 91.3 Å². The Balaban J connectivity index is 1.22. The molecule has 1 fully saturated rings. The number of benzene rings is 3. The van der Waals surface area contributed by atoms with Crippen LogP contribution >= 0.6 is 0 Å². The zero-order valence-corrected chi connectivity index (χ0v) is 44.4. The number of rotatable bonds is 40. The first-order valence-electron chi connectivity index (χ1n) is 26.7. The molecule has 0 radical (unpaired) electrons. The minimum absolute atomic E-state index is 0.0161. The van der Waals surface area contributed by atoms with Crippen LogP contribution in [0.15, 0.2) is 91.0 Å². The lowest BCUT2D eigenvalue weighted by Gasteiger charge is -2.43. The van der Waals surface area contributed by atoms with Crippen LogP contribution in [-0.2, 0) is 44.2 Å². The molecule has 384 valence electrons. The molecule has 4 rings (SSSR count). The summed E-state index contributed by atoms with van der Waals surface area (Å²) in [5.74, 6) is 0. The van der Waals surface area contributed by atoms with E-state index in [1.54, 1.807) is 14.2 Å². The summed E-state index contributed by atoms with van der Waals surface area (Å²) in [6, 6.07) is 31.8. The number of methoxy groups -OCH3 is 2. The molecule has 3 aromatic carbocycles. The molecule has 1 N–H and O–H groups in total. The average molecular weight is 963 g/mol. The molecule has 1 heterocycles. The fourth-order valence-electron chi connectivity index (χ4n) is 10.0. The second-order valence-electron chi connectivity index (χ2n) is 20.3. The van der Waals surface area contributed by atoms with Gasteiger partial charge in [-0.1, -0.05) is 215 Å². The van der Waals surface area contributed by atoms with E-state index in [0.717, 1.165) is 89.0 Å². The van der Waals surface area contributed by atoms with Crippen molar-refractivity contribution < 1.29 is 42.7 Å². The normalized spacial score (nSPS) is 17.3. The summed E-state index contributed by atoms with van der Waals surface area (Å²) in [7, 11) is 0.679. The van der Waals surface area contributed by atoms with E-state index in [1.165, 1.54) is 68.2 Å². The highest BCUT2D eigenvalue weighted by Crippen LogP contribution is 2.37. The van der Waals surface area contributed by atoms with Crippen LogP contribution in [0.3, 0.4) is 0 Å². The van der Waals surface area contributed by atoms with Crippen LogP contribution in [0, 0.1) is 0 Å². The van der Waals surface area contributed by atoms with Crippen molar-refractivity contribution in [1.29, 1.82) is 0 Å². The SMILES string of the molecule is CCCCCCCCCCCC[C@H](OCOC)[C@@H]1CC[C@@H]([C@@H](CCCCC(O)CCCCC[C@H](CO[Si](c2ccccc2)(c2ccccc2)C(C)(C)C)OCOC)OCOCc2ccccc2)O1. The van der Waals surface area contributed by atoms with Gasteiger partial charge in [-0.25, -0.2) is 0 Å². The standard InChI is InChI=1S/C58H94O9Si/c1-7-8-9-10-11-12-13-14-15-28-40-54(64-47-61-6)56-42-43-57(67-56)55(65-48-62-44-49-31-20-16-21-32-49)41-30-29-34-50(59)33-22-17-23-35-51(63-46-60-5)45-66-68(58(2,3)4,52-36-24-18-25-37-52)53-38-26-19-27-39-53/h16,18-21,24-27,31-32,36-39,50-51,54-57,59H,7-15,17,22-23,28-30,33-35,40-48H2,1-6H3/t50?,51-,54+,55-,56+,57+/m1/s1. The van der Waals surface area contributed by atoms with Crippen molar-refractivity contribution in [3.05, 3.63) is 96.6 Å². The van der Waals surface area contributed by atoms with Crippen LogP contribution in [0.25, 0.3) is 0 Å². The molecule has 1 aliphatic rings. The van der Waals surface area contributed by atoms with E-state index in [2.05, 4.69) is 100 Å². The Morgan fingerprint density at radius 3 is 1.54 bits per heavy atom. The highest BCUT2D eigenvalue weighted by Gasteiger charge is 2.50. The molecule has 0 aromatic heterocycles. The van der Waals surface area contributed by atoms with Crippen molar-refractivity contribution in [2.24, 2.45) is 0 Å². The lowest BCUT2D eigenvalue weighted by atomic mass is 9.99. The molecule has 0 aliphatic carbocycles. The first-order chi connectivity index (χ1) is 33.2. The van der Waals surface area contributed by atoms with Crippen LogP contribution in [0.1, 0.15) is 175 Å². The largest absolute Gasteiger partial charge is 0.405 e. The number of ether oxygens (including phenoxy) is 7. The molecule has 10 heteroatoms. The molecule has 0 saturated carbocycles. The molecule has 1 aliphatic heterocycles. The van der Waals surface area contributed by atoms with Crippen LogP contribution in [0.4, 0.5) is 0 Å². The van der Waals surface area contributed by atoms with Gasteiger partial charge in [-0.05, 0) is 65.9 Å². The van der Waals surface area contributed by atoms with Gasteiger partial charge in [0.15, 0.2) is 0 Å². The maximum absolute atomic E-state index is 11.1. The molecular weight excluding hydrogens is 869 g/mol. The molecule has 3 aromatic rings. The van der Waals surface area contributed by atoms with Crippen molar-refractivity contribution in [3.8, 4) is 0 Å². The predicted molar refractivity (Wildman–Crippen MR) is 280 cm³/mol. The van der Waals surface area contributed by atoms with Gasteiger partial charge in [-0.15, -0.1) is 0 Å². The molecule has 6 atom stereocenters. The zero-order valence-electron chi connectivity index (χ0n) is 43.4. The van der Waals surface area contributed by atoms with Gasteiger partial charge < -0.3 is 42.7 Å². The molecule has 0 bridgehead atoms. The Kier molecular flexibility index (Phi) is 29.7. The van der Waals surface area contributed by atoms with Crippen molar-refractivity contribution >= 4 is 18.7 Å². The third-order valence-electron chi connectivity index (χ3n) is 13.8. The number of aliphatic hydroxyl groups excluding tert-OH is 1. The summed E-state index contributed by atoms with van der Waals surface area (Å²) in [6.07, 6.45) is 23.8. The average Bonchev–Trinajstić information content (AvgIpc) is 3.84. The Morgan fingerprint density at radius 1 is 0.559 bits per heavy atom. The monoisotopic (exact) mass is 963 g/mol. The van der Waals surface area contributed by atoms with E-state index in [4.69, 9.17) is 37.6 Å². The maximum Gasteiger partial charge on any atom is 0.261 e. The summed E-state index contributed by atoms with van der Waals surface area (Å²) in [6.45, 7) is 10.9. The minimum Gasteiger partial charge on any atom is -0.405 e. The van der Waals surface area contributed by atoms with E-state index in [9.17, 15) is 5.11 Å². The molecule has 0 amide bonds. The Hall–Kier alpha value is -2.48. The van der Waals surface area contributed by atoms with Crippen molar-refractivity contribution in [2.45, 2.75) is 217 Å². The summed E-state index contributed by atoms with van der Waals surface area (Å²) < 4.78 is 49.7. The van der Waals surface area contributed by atoms with Crippen molar-refractivity contribution in [3.63, 3.8) is 0 Å². The number of aliphatic hydroxyl groups is 1. The summed E-state index contributed by atoms with van der Waals surface area (Å²) in [5, 5.41) is 13.5. The fourth-order valence-corrected chi connectivity index (χ4v) is 14.6. The fraction of sp³-hybridized carbons (Fsp3) is 0.690. The van der Waals surface area contributed by atoms with E-state index in [0.29, 0.717) is 13.2 Å². The van der Waals surface area contributed by atoms with Crippen molar-refractivity contribution in [1.82, 2.24) is 0 Å². The summed E-state index contributed by atoms with van der Waals surface area (Å²) >= 11 is 0. The number of hydrogen-bond acceptors (Lipinski definition) is 9. The van der Waals surface area contributed by atoms with Gasteiger partial charge in [0.25, 0.3) is 8.32 Å². The minimum atomic E-state index is -2.68. The highest BCUT2D eigenvalue weighted by atomic mass is 28.4. The molecule has 9 nitrogen and oxygen atoms in total. The third kappa shape index (κ3) is 21.5. The first kappa shape index (κ1) is 58.1. The van der Waals surface area contributed by atoms with E-state index < -0.39 is 8.32 Å². The second kappa shape index (κ2) is 34.8. The van der Waals surface area contributed by atoms with Gasteiger partial charge >= 0.3 is 0 Å². The predicted octanol–water partition coefficient (Wildman–Crippen LogP) is 12.8. The molecule has 1 saturated heterocycles. The molecule has 1 unspecified atom stereocenters. The zero-order chi connectivity index (χ0) is 48.6. The van der Waals surface area contributed by atoms with Gasteiger partial charge in [0, 0.05) is 14.2 Å². The van der Waals surface area contributed by atoms with Crippen LogP contribution in [0.5, 0.6) is 0 Å². The third-order valence-corrected chi connectivity index (χ3v) is 18.8. The Morgan fingerprint density at radius 2 is 1.00 bits per heavy atom. The molecule has 68 heavy (non-hydrogen) atoms. The smallest absolute Gasteiger partial charge is 0.261 e. The lowest BCUT2D eigenvalue weighted by molar-refractivity contribution is -0.165. The van der Waals surface area contributed by atoms with E-state index in [-0.39, 0.29) is 62.0 Å². The van der Waals surface area contributed by atoms with Crippen LogP contribution in [0.2, 0.25) is 5.04 Å². The second-order valence-corrected chi connectivity index (χ2v) is 24.6. The maximum atomic E-state index is 11.1. The van der Waals surface area contributed by atoms with Gasteiger partial charge in [-0.2, -0.15) is 0 Å². The Bertz CT molecular complexity index is 1590. The lowest BCUT2D eigenvalue weighted by Crippen LogP contribution is -2.67. The van der Waals surface area contributed by atoms with E-state index in [1.807, 2.05) is 18.2 Å². The van der Waals surface area contributed by atoms with Crippen molar-refractivity contribution in [2.75, 3.05) is 41.2 Å². The molecule has 0 spiro atoms. The van der Waals surface area contributed by atoms with Crippen LogP contribution < -0.4 is 10.4 Å².